The average molecular weight is 440 g/mol. The smallest absolute Gasteiger partial charge is 0.174 e. The van der Waals surface area contributed by atoms with E-state index in [9.17, 15) is 0 Å². The molecule has 0 unspecified atom stereocenters. The minimum absolute atomic E-state index is 0.0840. The largest absolute Gasteiger partial charge is 0.351 e. The van der Waals surface area contributed by atoms with Crippen molar-refractivity contribution in [3.63, 3.8) is 0 Å². The fourth-order valence-corrected chi connectivity index (χ4v) is 4.64. The third kappa shape index (κ3) is 3.67. The summed E-state index contributed by atoms with van der Waals surface area (Å²) in [7, 11) is 0. The Morgan fingerprint density at radius 1 is 0.875 bits per heavy atom. The molecule has 32 heavy (non-hydrogen) atoms. The van der Waals surface area contributed by atoms with E-state index in [0.29, 0.717) is 11.0 Å². The van der Waals surface area contributed by atoms with E-state index in [2.05, 4.69) is 81.2 Å². The van der Waals surface area contributed by atoms with Crippen molar-refractivity contribution in [1.82, 2.24) is 19.9 Å². The summed E-state index contributed by atoms with van der Waals surface area (Å²) < 4.78 is 2.13. The molecule has 1 saturated heterocycles. The van der Waals surface area contributed by atoms with E-state index in [1.54, 1.807) is 0 Å². The zero-order valence-corrected chi connectivity index (χ0v) is 18.9. The molecule has 0 amide bonds. The number of hydrogen-bond donors (Lipinski definition) is 1. The van der Waals surface area contributed by atoms with E-state index in [1.807, 2.05) is 48.8 Å². The second-order valence-corrected chi connectivity index (χ2v) is 8.62. The molecule has 0 spiro atoms. The molecule has 160 valence electrons. The van der Waals surface area contributed by atoms with Crippen LogP contribution in [0.25, 0.3) is 5.82 Å². The fraction of sp³-hybridized carbons (Fsp3) is 0.192. The van der Waals surface area contributed by atoms with E-state index >= 15 is 0 Å². The number of pyridine rings is 2. The molecule has 5 nitrogen and oxygen atoms in total. The van der Waals surface area contributed by atoms with Crippen molar-refractivity contribution in [2.24, 2.45) is 0 Å². The van der Waals surface area contributed by atoms with Crippen molar-refractivity contribution in [1.29, 1.82) is 0 Å². The molecule has 1 aromatic carbocycles. The summed E-state index contributed by atoms with van der Waals surface area (Å²) in [5.41, 5.74) is 4.42. The number of nitrogens with zero attached hydrogens (tertiary/aromatic N) is 4. The molecule has 0 bridgehead atoms. The summed E-state index contributed by atoms with van der Waals surface area (Å²) >= 11 is 5.86. The van der Waals surface area contributed by atoms with Crippen molar-refractivity contribution in [2.75, 3.05) is 4.90 Å². The van der Waals surface area contributed by atoms with Gasteiger partial charge in [-0.15, -0.1) is 0 Å². The summed E-state index contributed by atoms with van der Waals surface area (Å²) in [4.78, 5) is 11.4. The summed E-state index contributed by atoms with van der Waals surface area (Å²) in [5.74, 6) is 1.35. The maximum Gasteiger partial charge on any atom is 0.174 e. The second-order valence-electron chi connectivity index (χ2n) is 8.23. The van der Waals surface area contributed by atoms with Crippen molar-refractivity contribution < 1.29 is 0 Å². The minimum atomic E-state index is -0.0918. The number of aromatic nitrogens is 3. The number of rotatable bonds is 5. The first-order valence-electron chi connectivity index (χ1n) is 10.8. The topological polar surface area (TPSA) is 46.0 Å². The lowest BCUT2D eigenvalue weighted by atomic mass is 9.99. The lowest BCUT2D eigenvalue weighted by molar-refractivity contribution is 0.548. The predicted molar refractivity (Wildman–Crippen MR) is 132 cm³/mol. The molecule has 3 aromatic heterocycles. The van der Waals surface area contributed by atoms with E-state index in [4.69, 9.17) is 12.2 Å². The van der Waals surface area contributed by atoms with Gasteiger partial charge >= 0.3 is 0 Å². The molecule has 6 heteroatoms. The Bertz CT molecular complexity index is 1200. The predicted octanol–water partition coefficient (Wildman–Crippen LogP) is 5.57. The number of hydrogen-bond acceptors (Lipinski definition) is 3. The van der Waals surface area contributed by atoms with Crippen LogP contribution < -0.4 is 10.2 Å². The van der Waals surface area contributed by atoms with Crippen LogP contribution in [0.1, 0.15) is 48.8 Å². The third-order valence-corrected chi connectivity index (χ3v) is 6.23. The summed E-state index contributed by atoms with van der Waals surface area (Å²) in [6.45, 7) is 4.41. The van der Waals surface area contributed by atoms with Gasteiger partial charge in [0.05, 0.1) is 11.7 Å². The van der Waals surface area contributed by atoms with Crippen LogP contribution in [0.4, 0.5) is 5.69 Å². The highest BCUT2D eigenvalue weighted by molar-refractivity contribution is 7.80. The van der Waals surface area contributed by atoms with Crippen LogP contribution in [0.15, 0.2) is 91.4 Å². The van der Waals surface area contributed by atoms with Gasteiger partial charge in [0.1, 0.15) is 11.9 Å². The molecule has 1 aliphatic heterocycles. The van der Waals surface area contributed by atoms with Gasteiger partial charge in [-0.05, 0) is 72.2 Å². The number of benzene rings is 1. The first kappa shape index (κ1) is 20.4. The Kier molecular flexibility index (Phi) is 5.45. The first-order valence-corrected chi connectivity index (χ1v) is 11.2. The molecule has 1 N–H and O–H groups in total. The second kappa shape index (κ2) is 8.55. The molecule has 0 radical (unpaired) electrons. The fourth-order valence-electron chi connectivity index (χ4n) is 4.29. The van der Waals surface area contributed by atoms with E-state index in [0.717, 1.165) is 22.9 Å². The summed E-state index contributed by atoms with van der Waals surface area (Å²) in [6, 6.07) is 24.7. The molecule has 1 fully saturated rings. The molecule has 4 aromatic rings. The molecular weight excluding hydrogens is 414 g/mol. The van der Waals surface area contributed by atoms with Crippen LogP contribution in [0.2, 0.25) is 0 Å². The van der Waals surface area contributed by atoms with Gasteiger partial charge in [0.2, 0.25) is 0 Å². The van der Waals surface area contributed by atoms with Gasteiger partial charge in [-0.2, -0.15) is 0 Å². The molecule has 4 heterocycles. The van der Waals surface area contributed by atoms with Crippen LogP contribution in [0.3, 0.4) is 0 Å². The van der Waals surface area contributed by atoms with Crippen molar-refractivity contribution in [3.8, 4) is 5.82 Å². The van der Waals surface area contributed by atoms with Crippen molar-refractivity contribution in [2.45, 2.75) is 31.8 Å². The van der Waals surface area contributed by atoms with Gasteiger partial charge in [-0.3, -0.25) is 4.98 Å². The van der Waals surface area contributed by atoms with Crippen molar-refractivity contribution >= 4 is 23.0 Å². The van der Waals surface area contributed by atoms with Crippen LogP contribution in [0.5, 0.6) is 0 Å². The lowest BCUT2D eigenvalue weighted by Gasteiger charge is -2.29. The highest BCUT2D eigenvalue weighted by Gasteiger charge is 2.42. The zero-order valence-electron chi connectivity index (χ0n) is 18.1. The quantitative estimate of drug-likeness (QED) is 0.412. The Morgan fingerprint density at radius 3 is 2.28 bits per heavy atom. The van der Waals surface area contributed by atoms with Gasteiger partial charge in [-0.25, -0.2) is 4.98 Å². The van der Waals surface area contributed by atoms with Crippen LogP contribution in [-0.4, -0.2) is 19.6 Å². The van der Waals surface area contributed by atoms with Crippen LogP contribution in [0, 0.1) is 0 Å². The zero-order chi connectivity index (χ0) is 22.1. The van der Waals surface area contributed by atoms with Gasteiger partial charge in [-0.1, -0.05) is 38.1 Å². The van der Waals surface area contributed by atoms with Gasteiger partial charge in [0, 0.05) is 30.0 Å². The van der Waals surface area contributed by atoms with E-state index in [1.165, 1.54) is 5.56 Å². The van der Waals surface area contributed by atoms with E-state index < -0.39 is 0 Å². The lowest BCUT2D eigenvalue weighted by Crippen LogP contribution is -2.30. The van der Waals surface area contributed by atoms with Gasteiger partial charge in [0.25, 0.3) is 0 Å². The summed E-state index contributed by atoms with van der Waals surface area (Å²) in [6.07, 6.45) is 5.69. The molecule has 0 aliphatic carbocycles. The highest BCUT2D eigenvalue weighted by atomic mass is 32.1. The average Bonchev–Trinajstić information content (AvgIpc) is 3.44. The van der Waals surface area contributed by atoms with Gasteiger partial charge < -0.3 is 14.8 Å². The Hall–Kier alpha value is -3.51. The van der Waals surface area contributed by atoms with Crippen molar-refractivity contribution in [3.05, 3.63) is 108 Å². The maximum atomic E-state index is 5.86. The summed E-state index contributed by atoms with van der Waals surface area (Å²) in [5, 5.41) is 4.23. The number of anilines is 1. The molecular formula is C26H25N5S. The standard InChI is InChI=1S/C26H25N5S/c1-18(2)19-11-13-20(14-12-19)31-25(24(29-26(31)32)21-8-3-5-15-27-21)22-9-7-17-30(22)23-10-4-6-16-28-23/h3-18,24-25H,1-2H3,(H,29,32)/t24-,25+/m0/s1. The Balaban J connectivity index is 1.64. The third-order valence-electron chi connectivity index (χ3n) is 5.92. The molecule has 1 aliphatic rings. The number of thiocarbonyl (C=S) groups is 1. The molecule has 0 saturated carbocycles. The van der Waals surface area contributed by atoms with Crippen LogP contribution >= 0.6 is 12.2 Å². The molecule has 5 rings (SSSR count). The number of nitrogens with one attached hydrogen (secondary N) is 1. The Labute approximate surface area is 193 Å². The maximum absolute atomic E-state index is 5.86. The highest BCUT2D eigenvalue weighted by Crippen LogP contribution is 2.42. The normalized spacial score (nSPS) is 18.2. The first-order chi connectivity index (χ1) is 15.6. The van der Waals surface area contributed by atoms with Crippen LogP contribution in [-0.2, 0) is 0 Å². The minimum Gasteiger partial charge on any atom is -0.351 e. The van der Waals surface area contributed by atoms with Gasteiger partial charge in [0.15, 0.2) is 5.11 Å². The van der Waals surface area contributed by atoms with E-state index in [-0.39, 0.29) is 12.1 Å². The molecule has 2 atom stereocenters. The Morgan fingerprint density at radius 2 is 1.62 bits per heavy atom. The SMILES string of the molecule is CC(C)c1ccc(N2C(=S)N[C@@H](c3ccccn3)[C@H]2c2cccn2-c2ccccn2)cc1. The monoisotopic (exact) mass is 439 g/mol.